The van der Waals surface area contributed by atoms with Gasteiger partial charge in [-0.15, -0.1) is 0 Å². The van der Waals surface area contributed by atoms with Crippen LogP contribution in [-0.2, 0) is 4.79 Å². The van der Waals surface area contributed by atoms with E-state index in [0.717, 1.165) is 11.0 Å². The predicted octanol–water partition coefficient (Wildman–Crippen LogP) is 3.58. The third-order valence-electron chi connectivity index (χ3n) is 4.35. The second kappa shape index (κ2) is 7.11. The molecule has 0 heterocycles. The number of amides is 1. The summed E-state index contributed by atoms with van der Waals surface area (Å²) in [5.74, 6) is -3.12. The van der Waals surface area contributed by atoms with Crippen LogP contribution in [-0.4, -0.2) is 41.6 Å². The topological polar surface area (TPSA) is 66.8 Å². The highest BCUT2D eigenvalue weighted by molar-refractivity contribution is 5.98. The Hall–Kier alpha value is -2.96. The lowest BCUT2D eigenvalue weighted by molar-refractivity contribution is -0.147. The number of carboxylic acid groups (broad SMARTS) is 1. The molecule has 2 rings (SSSR count). The Bertz CT molecular complexity index is 865. The monoisotopic (exact) mass is 363 g/mol. The number of likely N-dealkylation sites (N-methyl/N-ethyl adjacent to an activating group) is 1. The minimum absolute atomic E-state index is 0.155. The number of carbonyl (C=O) groups excluding carboxylic acids is 1. The standard InChI is InChI=1S/C19H19F2NO4/c1-19(2,18(24)25)22(3)17(23)14-7-5-11(9-15(14)20)13-8-6-12(26-4)10-16(13)21/h5-10H,1-4H3,(H,24,25). The molecular weight excluding hydrogens is 344 g/mol. The van der Waals surface area contributed by atoms with Gasteiger partial charge >= 0.3 is 5.97 Å². The van der Waals surface area contributed by atoms with Crippen LogP contribution < -0.4 is 4.74 Å². The lowest BCUT2D eigenvalue weighted by Crippen LogP contribution is -2.50. The number of carbonyl (C=O) groups is 2. The minimum Gasteiger partial charge on any atom is -0.497 e. The highest BCUT2D eigenvalue weighted by atomic mass is 19.1. The van der Waals surface area contributed by atoms with Crippen molar-refractivity contribution in [3.8, 4) is 16.9 Å². The number of methoxy groups -OCH3 is 1. The van der Waals surface area contributed by atoms with E-state index in [9.17, 15) is 23.5 Å². The molecule has 0 bridgehead atoms. The zero-order valence-electron chi connectivity index (χ0n) is 14.8. The van der Waals surface area contributed by atoms with Gasteiger partial charge in [0.25, 0.3) is 5.91 Å². The normalized spacial score (nSPS) is 11.2. The van der Waals surface area contributed by atoms with Gasteiger partial charge in [0.1, 0.15) is 22.9 Å². The SMILES string of the molecule is COc1ccc(-c2ccc(C(=O)N(C)C(C)(C)C(=O)O)c(F)c2)c(F)c1. The minimum atomic E-state index is -1.51. The molecule has 0 aromatic heterocycles. The van der Waals surface area contributed by atoms with Crippen LogP contribution in [0.3, 0.4) is 0 Å². The molecule has 7 heteroatoms. The van der Waals surface area contributed by atoms with E-state index in [4.69, 9.17) is 4.74 Å². The van der Waals surface area contributed by atoms with E-state index in [2.05, 4.69) is 0 Å². The Morgan fingerprint density at radius 2 is 1.73 bits per heavy atom. The fourth-order valence-corrected chi connectivity index (χ4v) is 2.29. The van der Waals surface area contributed by atoms with Gasteiger partial charge in [-0.2, -0.15) is 0 Å². The number of hydrogen-bond acceptors (Lipinski definition) is 3. The number of aliphatic carboxylic acids is 1. The van der Waals surface area contributed by atoms with E-state index in [1.807, 2.05) is 0 Å². The average molecular weight is 363 g/mol. The molecule has 26 heavy (non-hydrogen) atoms. The smallest absolute Gasteiger partial charge is 0.329 e. The van der Waals surface area contributed by atoms with Gasteiger partial charge in [0, 0.05) is 18.7 Å². The maximum atomic E-state index is 14.5. The third-order valence-corrected chi connectivity index (χ3v) is 4.35. The molecule has 2 aromatic carbocycles. The highest BCUT2D eigenvalue weighted by Gasteiger charge is 2.36. The molecule has 0 aliphatic carbocycles. The first-order valence-electron chi connectivity index (χ1n) is 7.74. The first-order valence-corrected chi connectivity index (χ1v) is 7.74. The van der Waals surface area contributed by atoms with Crippen LogP contribution in [0.2, 0.25) is 0 Å². The summed E-state index contributed by atoms with van der Waals surface area (Å²) in [7, 11) is 2.69. The Morgan fingerprint density at radius 3 is 2.23 bits per heavy atom. The fourth-order valence-electron chi connectivity index (χ4n) is 2.29. The predicted molar refractivity (Wildman–Crippen MR) is 92.2 cm³/mol. The number of carboxylic acids is 1. The van der Waals surface area contributed by atoms with E-state index in [0.29, 0.717) is 5.75 Å². The third kappa shape index (κ3) is 3.51. The summed E-state index contributed by atoms with van der Waals surface area (Å²) in [6, 6.07) is 7.83. The molecule has 2 aromatic rings. The zero-order valence-corrected chi connectivity index (χ0v) is 14.8. The maximum absolute atomic E-state index is 14.5. The van der Waals surface area contributed by atoms with Gasteiger partial charge in [-0.3, -0.25) is 4.79 Å². The molecule has 0 atom stereocenters. The van der Waals surface area contributed by atoms with Crippen molar-refractivity contribution in [2.45, 2.75) is 19.4 Å². The van der Waals surface area contributed by atoms with E-state index < -0.39 is 29.0 Å². The number of ether oxygens (including phenoxy) is 1. The van der Waals surface area contributed by atoms with Crippen molar-refractivity contribution in [1.82, 2.24) is 4.90 Å². The van der Waals surface area contributed by atoms with Crippen molar-refractivity contribution >= 4 is 11.9 Å². The van der Waals surface area contributed by atoms with Crippen LogP contribution >= 0.6 is 0 Å². The summed E-state index contributed by atoms with van der Waals surface area (Å²) in [5, 5.41) is 9.20. The fraction of sp³-hybridized carbons (Fsp3) is 0.263. The largest absolute Gasteiger partial charge is 0.497 e. The van der Waals surface area contributed by atoms with Gasteiger partial charge in [-0.1, -0.05) is 6.07 Å². The molecule has 1 N–H and O–H groups in total. The molecule has 0 saturated heterocycles. The summed E-state index contributed by atoms with van der Waals surface area (Å²) in [4.78, 5) is 24.7. The van der Waals surface area contributed by atoms with E-state index in [1.165, 1.54) is 52.3 Å². The van der Waals surface area contributed by atoms with Crippen molar-refractivity contribution in [3.63, 3.8) is 0 Å². The average Bonchev–Trinajstić information content (AvgIpc) is 2.60. The van der Waals surface area contributed by atoms with E-state index in [-0.39, 0.29) is 16.7 Å². The summed E-state index contributed by atoms with van der Waals surface area (Å²) >= 11 is 0. The number of halogens is 2. The van der Waals surface area contributed by atoms with Gasteiger partial charge in [0.2, 0.25) is 0 Å². The lowest BCUT2D eigenvalue weighted by Gasteiger charge is -2.31. The summed E-state index contributed by atoms with van der Waals surface area (Å²) < 4.78 is 33.5. The van der Waals surface area contributed by atoms with Crippen molar-refractivity contribution < 1.29 is 28.2 Å². The van der Waals surface area contributed by atoms with Gasteiger partial charge < -0.3 is 14.7 Å². The van der Waals surface area contributed by atoms with Crippen LogP contribution in [0.25, 0.3) is 11.1 Å². The Balaban J connectivity index is 2.38. The van der Waals surface area contributed by atoms with Crippen LogP contribution in [0.4, 0.5) is 8.78 Å². The Labute approximate surface area is 149 Å². The maximum Gasteiger partial charge on any atom is 0.329 e. The molecule has 5 nitrogen and oxygen atoms in total. The number of benzene rings is 2. The first-order chi connectivity index (χ1) is 12.1. The number of hydrogen-bond donors (Lipinski definition) is 1. The Morgan fingerprint density at radius 1 is 1.08 bits per heavy atom. The highest BCUT2D eigenvalue weighted by Crippen LogP contribution is 2.28. The first kappa shape index (κ1) is 19.4. The molecule has 138 valence electrons. The molecule has 1 amide bonds. The van der Waals surface area contributed by atoms with E-state index in [1.54, 1.807) is 6.07 Å². The van der Waals surface area contributed by atoms with Gasteiger partial charge in [0.05, 0.1) is 12.7 Å². The van der Waals surface area contributed by atoms with E-state index >= 15 is 0 Å². The van der Waals surface area contributed by atoms with Crippen LogP contribution in [0.5, 0.6) is 5.75 Å². The van der Waals surface area contributed by atoms with Crippen LogP contribution in [0, 0.1) is 11.6 Å². The summed E-state index contributed by atoms with van der Waals surface area (Å²) in [6.45, 7) is 2.68. The summed E-state index contributed by atoms with van der Waals surface area (Å²) in [5.41, 5.74) is -1.40. The second-order valence-electron chi connectivity index (χ2n) is 6.27. The van der Waals surface area contributed by atoms with Crippen molar-refractivity contribution in [3.05, 3.63) is 53.6 Å². The van der Waals surface area contributed by atoms with Gasteiger partial charge in [-0.05, 0) is 43.7 Å². The van der Waals surface area contributed by atoms with Crippen molar-refractivity contribution in [2.24, 2.45) is 0 Å². The molecule has 0 spiro atoms. The van der Waals surface area contributed by atoms with Gasteiger partial charge in [-0.25, -0.2) is 13.6 Å². The molecule has 0 fully saturated rings. The zero-order chi connectivity index (χ0) is 19.6. The van der Waals surface area contributed by atoms with Crippen molar-refractivity contribution in [1.29, 1.82) is 0 Å². The molecule has 0 radical (unpaired) electrons. The number of rotatable bonds is 5. The van der Waals surface area contributed by atoms with Gasteiger partial charge in [0.15, 0.2) is 0 Å². The molecule has 0 aliphatic heterocycles. The van der Waals surface area contributed by atoms with Crippen LogP contribution in [0.1, 0.15) is 24.2 Å². The summed E-state index contributed by atoms with van der Waals surface area (Å²) in [6.07, 6.45) is 0. The molecular formula is C19H19F2NO4. The van der Waals surface area contributed by atoms with Crippen LogP contribution in [0.15, 0.2) is 36.4 Å². The molecule has 0 aliphatic rings. The lowest BCUT2D eigenvalue weighted by atomic mass is 10.00. The number of nitrogens with zero attached hydrogens (tertiary/aromatic N) is 1. The molecule has 0 saturated carbocycles. The quantitative estimate of drug-likeness (QED) is 0.882. The second-order valence-corrected chi connectivity index (χ2v) is 6.27. The van der Waals surface area contributed by atoms with Crippen molar-refractivity contribution in [2.75, 3.05) is 14.2 Å². The Kier molecular flexibility index (Phi) is 5.30. The molecule has 0 unspecified atom stereocenters.